The molecule has 0 aromatic carbocycles. The van der Waals surface area contributed by atoms with E-state index in [4.69, 9.17) is 4.74 Å². The number of amides is 1. The first kappa shape index (κ1) is 14.0. The molecule has 0 atom stereocenters. The van der Waals surface area contributed by atoms with Gasteiger partial charge in [0.05, 0.1) is 11.9 Å². The number of aromatic nitrogens is 3. The largest absolute Gasteiger partial charge is 0.444 e. The second-order valence-electron chi connectivity index (χ2n) is 5.29. The minimum Gasteiger partial charge on any atom is -0.444 e. The van der Waals surface area contributed by atoms with Crippen molar-refractivity contribution in [2.75, 3.05) is 6.54 Å². The van der Waals surface area contributed by atoms with E-state index in [-0.39, 0.29) is 0 Å². The summed E-state index contributed by atoms with van der Waals surface area (Å²) in [5, 5.41) is 2.64. The first-order valence-electron chi connectivity index (χ1n) is 6.37. The molecule has 0 unspecified atom stereocenters. The number of hydrogen-bond donors (Lipinski definition) is 2. The molecule has 0 aliphatic rings. The van der Waals surface area contributed by atoms with Crippen molar-refractivity contribution in [3.05, 3.63) is 30.2 Å². The lowest BCUT2D eigenvalue weighted by atomic mass is 10.2. The summed E-state index contributed by atoms with van der Waals surface area (Å²) in [4.78, 5) is 23.0. The van der Waals surface area contributed by atoms with E-state index in [1.807, 2.05) is 26.8 Å². The molecule has 2 aromatic heterocycles. The Morgan fingerprint density at radius 2 is 2.30 bits per heavy atom. The summed E-state index contributed by atoms with van der Waals surface area (Å²) in [7, 11) is 0. The van der Waals surface area contributed by atoms with Gasteiger partial charge in [-0.25, -0.2) is 14.8 Å². The number of carbonyl (C=O) groups excluding carboxylic acids is 1. The smallest absolute Gasteiger partial charge is 0.407 e. The maximum atomic E-state index is 11.4. The summed E-state index contributed by atoms with van der Waals surface area (Å²) in [5.41, 5.74) is 1.82. The van der Waals surface area contributed by atoms with Crippen LogP contribution in [0.5, 0.6) is 0 Å². The van der Waals surface area contributed by atoms with Crippen LogP contribution in [0.1, 0.15) is 26.5 Å². The molecular weight excluding hydrogens is 256 g/mol. The second kappa shape index (κ2) is 5.73. The predicted molar refractivity (Wildman–Crippen MR) is 77.2 cm³/mol. The molecule has 0 fully saturated rings. The molecular formula is C14H18N4O2. The van der Waals surface area contributed by atoms with Gasteiger partial charge >= 0.3 is 6.09 Å². The molecule has 0 saturated carbocycles. The molecule has 1 amide bonds. The van der Waals surface area contributed by atoms with Crippen LogP contribution in [0.4, 0.5) is 4.79 Å². The van der Waals surface area contributed by atoms with Crippen LogP contribution in [0.15, 0.2) is 24.5 Å². The zero-order chi connectivity index (χ0) is 14.6. The average Bonchev–Trinajstić information content (AvgIpc) is 2.79. The molecule has 6 nitrogen and oxygen atoms in total. The van der Waals surface area contributed by atoms with Crippen LogP contribution in [0.3, 0.4) is 0 Å². The highest BCUT2D eigenvalue weighted by Crippen LogP contribution is 2.08. The lowest BCUT2D eigenvalue weighted by Gasteiger charge is -2.19. The number of rotatable bonds is 3. The molecule has 0 saturated heterocycles. The van der Waals surface area contributed by atoms with Gasteiger partial charge in [0, 0.05) is 12.7 Å². The van der Waals surface area contributed by atoms with Crippen molar-refractivity contribution in [2.24, 2.45) is 0 Å². The van der Waals surface area contributed by atoms with E-state index in [2.05, 4.69) is 20.3 Å². The first-order chi connectivity index (χ1) is 9.44. The summed E-state index contributed by atoms with van der Waals surface area (Å²) in [6.45, 7) is 5.85. The minimum atomic E-state index is -0.488. The summed E-state index contributed by atoms with van der Waals surface area (Å²) in [6.07, 6.45) is 6.63. The number of nitrogens with zero attached hydrogens (tertiary/aromatic N) is 2. The second-order valence-corrected chi connectivity index (χ2v) is 5.29. The number of hydrogen-bond acceptors (Lipinski definition) is 4. The Kier molecular flexibility index (Phi) is 4.02. The standard InChI is InChI=1S/C14H18N4O2/c1-14(2,3)20-13(19)16-7-4-5-10-9-17-12-11(18-10)6-8-15-12/h4-6,8-9H,7H2,1-3H3,(H,15,17)(H,16,19). The third kappa shape index (κ3) is 4.08. The van der Waals surface area contributed by atoms with E-state index in [1.54, 1.807) is 24.5 Å². The maximum absolute atomic E-state index is 11.4. The molecule has 20 heavy (non-hydrogen) atoms. The highest BCUT2D eigenvalue weighted by molar-refractivity contribution is 5.71. The number of fused-ring (bicyclic) bond motifs is 1. The first-order valence-corrected chi connectivity index (χ1v) is 6.37. The van der Waals surface area contributed by atoms with E-state index >= 15 is 0 Å². The molecule has 0 radical (unpaired) electrons. The fourth-order valence-corrected chi connectivity index (χ4v) is 1.56. The van der Waals surface area contributed by atoms with Gasteiger partial charge in [-0.2, -0.15) is 0 Å². The Labute approximate surface area is 117 Å². The van der Waals surface area contributed by atoms with Crippen LogP contribution in [0, 0.1) is 0 Å². The van der Waals surface area contributed by atoms with Gasteiger partial charge in [-0.3, -0.25) is 0 Å². The Morgan fingerprint density at radius 1 is 1.50 bits per heavy atom. The number of H-pyrrole nitrogens is 1. The van der Waals surface area contributed by atoms with Crippen LogP contribution in [0.2, 0.25) is 0 Å². The fourth-order valence-electron chi connectivity index (χ4n) is 1.56. The van der Waals surface area contributed by atoms with E-state index in [0.29, 0.717) is 6.54 Å². The maximum Gasteiger partial charge on any atom is 0.407 e. The number of aromatic amines is 1. The molecule has 2 rings (SSSR count). The van der Waals surface area contributed by atoms with Gasteiger partial charge in [0.1, 0.15) is 11.1 Å². The molecule has 0 spiro atoms. The van der Waals surface area contributed by atoms with Gasteiger partial charge in [0.25, 0.3) is 0 Å². The van der Waals surface area contributed by atoms with Crippen LogP contribution in [-0.2, 0) is 4.74 Å². The van der Waals surface area contributed by atoms with Gasteiger partial charge < -0.3 is 15.0 Å². The molecule has 106 valence electrons. The van der Waals surface area contributed by atoms with Crippen molar-refractivity contribution < 1.29 is 9.53 Å². The van der Waals surface area contributed by atoms with Crippen molar-refractivity contribution in [2.45, 2.75) is 26.4 Å². The quantitative estimate of drug-likeness (QED) is 0.901. The van der Waals surface area contributed by atoms with Gasteiger partial charge in [-0.15, -0.1) is 0 Å². The Bertz CT molecular complexity index is 625. The molecule has 6 heteroatoms. The molecule has 0 aliphatic heterocycles. The molecule has 2 aromatic rings. The van der Waals surface area contributed by atoms with Gasteiger partial charge in [0.15, 0.2) is 5.65 Å². The molecule has 2 N–H and O–H groups in total. The number of ether oxygens (including phenoxy) is 1. The molecule has 2 heterocycles. The molecule has 0 aliphatic carbocycles. The third-order valence-electron chi connectivity index (χ3n) is 2.33. The van der Waals surface area contributed by atoms with Crippen LogP contribution in [-0.4, -0.2) is 33.2 Å². The van der Waals surface area contributed by atoms with Gasteiger partial charge in [-0.05, 0) is 32.9 Å². The SMILES string of the molecule is CC(C)(C)OC(=O)NCC=Cc1cnc2[nH]ccc2n1. The van der Waals surface area contributed by atoms with E-state index in [1.165, 1.54) is 0 Å². The van der Waals surface area contributed by atoms with Crippen molar-refractivity contribution in [3.8, 4) is 0 Å². The van der Waals surface area contributed by atoms with Crippen molar-refractivity contribution in [1.29, 1.82) is 0 Å². The normalized spacial score (nSPS) is 11.9. The fraction of sp³-hybridized carbons (Fsp3) is 0.357. The third-order valence-corrected chi connectivity index (χ3v) is 2.33. The van der Waals surface area contributed by atoms with Crippen molar-refractivity contribution in [1.82, 2.24) is 20.3 Å². The van der Waals surface area contributed by atoms with Crippen molar-refractivity contribution in [3.63, 3.8) is 0 Å². The minimum absolute atomic E-state index is 0.377. The zero-order valence-electron chi connectivity index (χ0n) is 11.8. The Balaban J connectivity index is 1.85. The van der Waals surface area contributed by atoms with Gasteiger partial charge in [0.2, 0.25) is 0 Å². The van der Waals surface area contributed by atoms with E-state index < -0.39 is 11.7 Å². The van der Waals surface area contributed by atoms with Gasteiger partial charge in [-0.1, -0.05) is 6.08 Å². The lowest BCUT2D eigenvalue weighted by Crippen LogP contribution is -2.32. The number of nitrogens with one attached hydrogen (secondary N) is 2. The lowest BCUT2D eigenvalue weighted by molar-refractivity contribution is 0.0534. The topological polar surface area (TPSA) is 79.9 Å². The highest BCUT2D eigenvalue weighted by atomic mass is 16.6. The zero-order valence-corrected chi connectivity index (χ0v) is 11.8. The van der Waals surface area contributed by atoms with Crippen LogP contribution >= 0.6 is 0 Å². The average molecular weight is 274 g/mol. The summed E-state index contributed by atoms with van der Waals surface area (Å²) >= 11 is 0. The van der Waals surface area contributed by atoms with E-state index in [9.17, 15) is 4.79 Å². The Morgan fingerprint density at radius 3 is 3.05 bits per heavy atom. The summed E-state index contributed by atoms with van der Waals surface area (Å²) < 4.78 is 5.12. The highest BCUT2D eigenvalue weighted by Gasteiger charge is 2.14. The predicted octanol–water partition coefficient (Wildman–Crippen LogP) is 2.50. The summed E-state index contributed by atoms with van der Waals surface area (Å²) in [5.74, 6) is 0. The van der Waals surface area contributed by atoms with E-state index in [0.717, 1.165) is 16.9 Å². The van der Waals surface area contributed by atoms with Crippen LogP contribution in [0.25, 0.3) is 17.2 Å². The number of carbonyl (C=O) groups is 1. The monoisotopic (exact) mass is 274 g/mol. The number of alkyl carbamates (subject to hydrolysis) is 1. The summed E-state index contributed by atoms with van der Waals surface area (Å²) in [6, 6.07) is 1.86. The Hall–Kier alpha value is -2.37. The molecule has 0 bridgehead atoms. The van der Waals surface area contributed by atoms with Crippen molar-refractivity contribution >= 4 is 23.3 Å². The van der Waals surface area contributed by atoms with Crippen LogP contribution < -0.4 is 5.32 Å².